The number of aromatic nitrogens is 2. The van der Waals surface area contributed by atoms with Crippen LogP contribution in [0.5, 0.6) is 5.88 Å². The molecule has 2 rings (SSSR count). The normalized spacial score (nSPS) is 15.9. The lowest BCUT2D eigenvalue weighted by Gasteiger charge is -2.28. The molecule has 0 saturated carbocycles. The molecule has 10 heteroatoms. The van der Waals surface area contributed by atoms with Crippen LogP contribution in [0.2, 0.25) is 0 Å². The minimum atomic E-state index is -0.861. The Balaban J connectivity index is 2.42. The summed E-state index contributed by atoms with van der Waals surface area (Å²) in [6, 6.07) is 0. The third-order valence-electron chi connectivity index (χ3n) is 3.10. The first-order valence-corrected chi connectivity index (χ1v) is 9.61. The quantitative estimate of drug-likeness (QED) is 0.251. The number of ether oxygens (including phenoxy) is 1. The lowest BCUT2D eigenvalue weighted by Crippen LogP contribution is -2.41. The zero-order valence-electron chi connectivity index (χ0n) is 12.5. The average Bonchev–Trinajstić information content (AvgIpc) is 2.52. The van der Waals surface area contributed by atoms with Gasteiger partial charge in [0.1, 0.15) is 11.5 Å². The fraction of sp³-hybridized carbons (Fsp3) is 0.667. The molecule has 122 valence electrons. The number of hydrogen-bond acceptors (Lipinski definition) is 8. The highest BCUT2D eigenvalue weighted by atomic mass is 32.2. The highest BCUT2D eigenvalue weighted by molar-refractivity contribution is 7.98. The largest absolute Gasteiger partial charge is 0.616 e. The van der Waals surface area contributed by atoms with E-state index in [-0.39, 0.29) is 17.4 Å². The molecule has 0 unspecified atom stereocenters. The van der Waals surface area contributed by atoms with Crippen molar-refractivity contribution in [1.82, 2.24) is 9.97 Å². The van der Waals surface area contributed by atoms with Gasteiger partial charge in [-0.3, -0.25) is 10.1 Å². The molecular formula is C12H18N4O4S2. The van der Waals surface area contributed by atoms with Crippen molar-refractivity contribution in [3.63, 3.8) is 0 Å². The van der Waals surface area contributed by atoms with Crippen molar-refractivity contribution in [2.24, 2.45) is 0 Å². The summed E-state index contributed by atoms with van der Waals surface area (Å²) in [5.41, 5.74) is -0.209. The first-order valence-electron chi connectivity index (χ1n) is 6.90. The molecule has 0 amide bonds. The van der Waals surface area contributed by atoms with E-state index < -0.39 is 16.1 Å². The van der Waals surface area contributed by atoms with Crippen LogP contribution >= 0.6 is 11.8 Å². The highest BCUT2D eigenvalue weighted by Crippen LogP contribution is 2.36. The molecule has 1 aromatic rings. The predicted molar refractivity (Wildman–Crippen MR) is 86.3 cm³/mol. The van der Waals surface area contributed by atoms with Crippen molar-refractivity contribution in [2.45, 2.75) is 18.5 Å². The van der Waals surface area contributed by atoms with Gasteiger partial charge in [-0.25, -0.2) is 0 Å². The van der Waals surface area contributed by atoms with E-state index in [1.165, 1.54) is 11.8 Å². The topological polar surface area (TPSA) is 104 Å². The molecule has 2 heterocycles. The third-order valence-corrected chi connectivity index (χ3v) is 4.92. The van der Waals surface area contributed by atoms with E-state index in [9.17, 15) is 14.7 Å². The summed E-state index contributed by atoms with van der Waals surface area (Å²) in [6.07, 6.45) is 2.54. The van der Waals surface area contributed by atoms with E-state index >= 15 is 0 Å². The van der Waals surface area contributed by atoms with E-state index in [1.54, 1.807) is 11.2 Å². The summed E-state index contributed by atoms with van der Waals surface area (Å²) >= 11 is 0.443. The second-order valence-corrected chi connectivity index (χ2v) is 7.10. The van der Waals surface area contributed by atoms with Gasteiger partial charge in [0.2, 0.25) is 5.82 Å². The van der Waals surface area contributed by atoms with Gasteiger partial charge in [0.05, 0.1) is 24.6 Å². The number of hydrogen-bond donors (Lipinski definition) is 0. The van der Waals surface area contributed by atoms with Crippen LogP contribution in [-0.2, 0) is 11.2 Å². The Hall–Kier alpha value is -1.26. The van der Waals surface area contributed by atoms with E-state index in [0.29, 0.717) is 36.4 Å². The first-order chi connectivity index (χ1) is 10.6. The smallest absolute Gasteiger partial charge is 0.373 e. The highest BCUT2D eigenvalue weighted by Gasteiger charge is 2.32. The van der Waals surface area contributed by atoms with Gasteiger partial charge in [0, 0.05) is 0 Å². The summed E-state index contributed by atoms with van der Waals surface area (Å²) in [5.74, 6) is 1.24. The Bertz CT molecular complexity index is 538. The molecule has 0 radical (unpaired) electrons. The number of nitro groups is 1. The number of nitrogens with zero attached hydrogens (tertiary/aromatic N) is 4. The van der Waals surface area contributed by atoms with Crippen molar-refractivity contribution < 1.29 is 14.2 Å². The van der Waals surface area contributed by atoms with Crippen LogP contribution in [-0.4, -0.2) is 56.9 Å². The fourth-order valence-electron chi connectivity index (χ4n) is 2.02. The maximum absolute atomic E-state index is 11.5. The van der Waals surface area contributed by atoms with Gasteiger partial charge < -0.3 is 14.2 Å². The molecule has 0 atom stereocenters. The minimum absolute atomic E-state index is 0.00731. The summed E-state index contributed by atoms with van der Waals surface area (Å²) in [4.78, 5) is 21.2. The maximum Gasteiger partial charge on any atom is 0.373 e. The molecule has 22 heavy (non-hydrogen) atoms. The molecular weight excluding hydrogens is 328 g/mol. The van der Waals surface area contributed by atoms with Gasteiger partial charge in [0.25, 0.3) is 0 Å². The molecule has 0 aliphatic carbocycles. The van der Waals surface area contributed by atoms with Crippen molar-refractivity contribution in [1.29, 1.82) is 0 Å². The number of rotatable bonds is 6. The van der Waals surface area contributed by atoms with E-state index in [1.807, 2.05) is 6.92 Å². The lowest BCUT2D eigenvalue weighted by molar-refractivity contribution is -0.385. The number of anilines is 1. The summed E-state index contributed by atoms with van der Waals surface area (Å²) in [7, 11) is 0. The fourth-order valence-corrected chi connectivity index (χ4v) is 3.43. The van der Waals surface area contributed by atoms with Crippen molar-refractivity contribution >= 4 is 34.4 Å². The summed E-state index contributed by atoms with van der Waals surface area (Å²) in [5, 5.41) is 11.9. The van der Waals surface area contributed by atoms with Gasteiger partial charge in [-0.1, -0.05) is 29.9 Å². The lowest BCUT2D eigenvalue weighted by atomic mass is 10.4. The Morgan fingerprint density at radius 3 is 2.64 bits per heavy atom. The van der Waals surface area contributed by atoms with Crippen LogP contribution in [0.4, 0.5) is 11.5 Å². The Kier molecular flexibility index (Phi) is 6.09. The molecule has 1 saturated heterocycles. The zero-order valence-corrected chi connectivity index (χ0v) is 14.1. The standard InChI is InChI=1S/C12H18N4O4S2/c1-3-6-20-11-9(16(17)18)10(13-12(14-11)21-2)15-4-7-22(19)8-5-15/h3-8H2,1-2H3. The maximum atomic E-state index is 11.5. The molecule has 1 aliphatic heterocycles. The van der Waals surface area contributed by atoms with Crippen LogP contribution in [0.3, 0.4) is 0 Å². The summed E-state index contributed by atoms with van der Waals surface area (Å²) in [6.45, 7) is 3.23. The molecule has 0 spiro atoms. The van der Waals surface area contributed by atoms with Crippen molar-refractivity contribution in [3.8, 4) is 5.88 Å². The van der Waals surface area contributed by atoms with Gasteiger partial charge in [0.15, 0.2) is 5.16 Å². The van der Waals surface area contributed by atoms with Crippen molar-refractivity contribution in [3.05, 3.63) is 10.1 Å². The van der Waals surface area contributed by atoms with Crippen molar-refractivity contribution in [2.75, 3.05) is 42.4 Å². The predicted octanol–water partition coefficient (Wildman–Crippen LogP) is 1.46. The second-order valence-electron chi connectivity index (χ2n) is 4.63. The molecule has 0 N–H and O–H groups in total. The molecule has 1 aliphatic rings. The van der Waals surface area contributed by atoms with E-state index in [0.717, 1.165) is 6.42 Å². The Labute approximate surface area is 136 Å². The van der Waals surface area contributed by atoms with Gasteiger partial charge >= 0.3 is 11.6 Å². The first kappa shape index (κ1) is 17.1. The van der Waals surface area contributed by atoms with Crippen LogP contribution in [0.15, 0.2) is 5.16 Å². The Morgan fingerprint density at radius 1 is 1.41 bits per heavy atom. The molecule has 0 bridgehead atoms. The van der Waals surface area contributed by atoms with Gasteiger partial charge in [-0.15, -0.1) is 0 Å². The van der Waals surface area contributed by atoms with Gasteiger partial charge in [-0.2, -0.15) is 9.97 Å². The number of thioether (sulfide) groups is 1. The SMILES string of the molecule is CCCOc1nc(SC)nc(N2CC[S+]([O-])CC2)c1[N+](=O)[O-]. The van der Waals surface area contributed by atoms with Crippen LogP contribution in [0.25, 0.3) is 0 Å². The van der Waals surface area contributed by atoms with E-state index in [4.69, 9.17) is 4.74 Å². The van der Waals surface area contributed by atoms with E-state index in [2.05, 4.69) is 9.97 Å². The monoisotopic (exact) mass is 346 g/mol. The minimum Gasteiger partial charge on any atom is -0.616 e. The molecule has 1 fully saturated rings. The van der Waals surface area contributed by atoms with Gasteiger partial charge in [-0.05, 0) is 12.7 Å². The second kappa shape index (κ2) is 7.84. The van der Waals surface area contributed by atoms with Crippen LogP contribution in [0, 0.1) is 10.1 Å². The molecule has 8 nitrogen and oxygen atoms in total. The van der Waals surface area contributed by atoms with Crippen LogP contribution < -0.4 is 9.64 Å². The Morgan fingerprint density at radius 2 is 2.09 bits per heavy atom. The van der Waals surface area contributed by atoms with Crippen LogP contribution in [0.1, 0.15) is 13.3 Å². The summed E-state index contributed by atoms with van der Waals surface area (Å²) < 4.78 is 16.9. The molecule has 0 aromatic carbocycles. The average molecular weight is 346 g/mol. The third kappa shape index (κ3) is 3.93. The zero-order chi connectivity index (χ0) is 16.1. The molecule has 1 aromatic heterocycles.